The summed E-state index contributed by atoms with van der Waals surface area (Å²) in [5, 5.41) is 9.43. The van der Waals surface area contributed by atoms with Gasteiger partial charge in [-0.3, -0.25) is 4.79 Å². The Morgan fingerprint density at radius 2 is 1.66 bits per heavy atom. The zero-order chi connectivity index (χ0) is 21.0. The molecule has 8 heteroatoms. The van der Waals surface area contributed by atoms with Gasteiger partial charge in [-0.1, -0.05) is 48.5 Å². The maximum absolute atomic E-state index is 12.4. The molecule has 3 aromatic rings. The van der Waals surface area contributed by atoms with Gasteiger partial charge in [-0.2, -0.15) is 0 Å². The Labute approximate surface area is 168 Å². The molecule has 7 nitrogen and oxygen atoms in total. The highest BCUT2D eigenvalue weighted by molar-refractivity contribution is 7.89. The number of esters is 1. The predicted molar refractivity (Wildman–Crippen MR) is 109 cm³/mol. The van der Waals surface area contributed by atoms with E-state index in [1.54, 1.807) is 31.2 Å². The average Bonchev–Trinajstić information content (AvgIpc) is 2.71. The predicted octanol–water partition coefficient (Wildman–Crippen LogP) is 2.52. The summed E-state index contributed by atoms with van der Waals surface area (Å²) in [5.74, 6) is -1.05. The van der Waals surface area contributed by atoms with E-state index < -0.39 is 34.5 Å². The van der Waals surface area contributed by atoms with Gasteiger partial charge in [-0.05, 0) is 41.5 Å². The van der Waals surface area contributed by atoms with Crippen LogP contribution in [0.2, 0.25) is 0 Å². The molecule has 0 aliphatic rings. The fourth-order valence-corrected chi connectivity index (χ4v) is 3.44. The molecule has 150 valence electrons. The first-order valence-corrected chi connectivity index (χ1v) is 10.4. The van der Waals surface area contributed by atoms with Crippen molar-refractivity contribution in [3.05, 3.63) is 77.9 Å². The van der Waals surface area contributed by atoms with Gasteiger partial charge in [0.15, 0.2) is 6.61 Å². The second-order valence-electron chi connectivity index (χ2n) is 6.51. The van der Waals surface area contributed by atoms with Crippen molar-refractivity contribution in [1.82, 2.24) is 5.32 Å². The molecule has 0 unspecified atom stereocenters. The molecule has 0 saturated heterocycles. The van der Waals surface area contributed by atoms with Crippen LogP contribution in [0.3, 0.4) is 0 Å². The Balaban J connectivity index is 1.60. The number of hydrogen-bond acceptors (Lipinski definition) is 5. The highest BCUT2D eigenvalue weighted by atomic mass is 32.2. The van der Waals surface area contributed by atoms with Crippen LogP contribution in [0.5, 0.6) is 0 Å². The standard InChI is InChI=1S/C21H20N2O5S/c1-14(15-9-11-17(12-10-15)29(22,26)27)23-20(24)13-28-21(25)19-8-4-6-16-5-2-3-7-18(16)19/h2-12,14H,13H2,1H3,(H,23,24)(H2,22,26,27)/t14-/m1/s1. The first-order valence-electron chi connectivity index (χ1n) is 8.83. The zero-order valence-electron chi connectivity index (χ0n) is 15.7. The summed E-state index contributed by atoms with van der Waals surface area (Å²) in [6.45, 7) is 1.30. The molecule has 0 heterocycles. The molecular weight excluding hydrogens is 392 g/mol. The van der Waals surface area contributed by atoms with Gasteiger partial charge in [-0.25, -0.2) is 18.4 Å². The molecule has 0 saturated carbocycles. The first-order chi connectivity index (χ1) is 13.8. The number of sulfonamides is 1. The second-order valence-corrected chi connectivity index (χ2v) is 8.07. The maximum Gasteiger partial charge on any atom is 0.339 e. The highest BCUT2D eigenvalue weighted by Crippen LogP contribution is 2.19. The summed E-state index contributed by atoms with van der Waals surface area (Å²) >= 11 is 0. The number of fused-ring (bicyclic) bond motifs is 1. The molecule has 3 aromatic carbocycles. The van der Waals surface area contributed by atoms with Crippen LogP contribution in [0.15, 0.2) is 71.6 Å². The SMILES string of the molecule is C[C@@H](NC(=O)COC(=O)c1cccc2ccccc12)c1ccc(S(N)(=O)=O)cc1. The summed E-state index contributed by atoms with van der Waals surface area (Å²) in [6, 6.07) is 18.2. The summed E-state index contributed by atoms with van der Waals surface area (Å²) in [6.07, 6.45) is 0. The van der Waals surface area contributed by atoms with Crippen LogP contribution in [-0.2, 0) is 19.6 Å². The van der Waals surface area contributed by atoms with Crippen molar-refractivity contribution in [2.45, 2.75) is 17.9 Å². The van der Waals surface area contributed by atoms with Gasteiger partial charge in [0.1, 0.15) is 0 Å². The number of amides is 1. The number of nitrogens with one attached hydrogen (secondary N) is 1. The molecule has 0 aliphatic carbocycles. The first kappa shape index (κ1) is 20.5. The fraction of sp³-hybridized carbons (Fsp3) is 0.143. The number of nitrogens with two attached hydrogens (primary N) is 1. The summed E-state index contributed by atoms with van der Waals surface area (Å²) in [5.41, 5.74) is 1.08. The van der Waals surface area contributed by atoms with Crippen LogP contribution >= 0.6 is 0 Å². The van der Waals surface area contributed by atoms with Crippen molar-refractivity contribution in [2.75, 3.05) is 6.61 Å². The number of carbonyl (C=O) groups is 2. The summed E-state index contributed by atoms with van der Waals surface area (Å²) in [7, 11) is -3.77. The third kappa shape index (κ3) is 4.98. The lowest BCUT2D eigenvalue weighted by molar-refractivity contribution is -0.124. The Morgan fingerprint density at radius 3 is 2.34 bits per heavy atom. The zero-order valence-corrected chi connectivity index (χ0v) is 16.5. The van der Waals surface area contributed by atoms with Crippen LogP contribution in [0, 0.1) is 0 Å². The average molecular weight is 412 g/mol. The molecule has 0 aliphatic heterocycles. The van der Waals surface area contributed by atoms with E-state index in [0.717, 1.165) is 10.8 Å². The third-order valence-corrected chi connectivity index (χ3v) is 5.36. The number of benzene rings is 3. The minimum absolute atomic E-state index is 0.0104. The smallest absolute Gasteiger partial charge is 0.339 e. The van der Waals surface area contributed by atoms with E-state index in [1.807, 2.05) is 30.3 Å². The van der Waals surface area contributed by atoms with E-state index >= 15 is 0 Å². The minimum atomic E-state index is -3.77. The number of hydrogen-bond donors (Lipinski definition) is 2. The lowest BCUT2D eigenvalue weighted by Gasteiger charge is -2.15. The largest absolute Gasteiger partial charge is 0.452 e. The Kier molecular flexibility index (Phi) is 5.95. The van der Waals surface area contributed by atoms with Crippen LogP contribution < -0.4 is 10.5 Å². The number of ether oxygens (including phenoxy) is 1. The molecule has 3 rings (SSSR count). The molecule has 0 aromatic heterocycles. The van der Waals surface area contributed by atoms with Crippen molar-refractivity contribution < 1.29 is 22.7 Å². The van der Waals surface area contributed by atoms with Crippen LogP contribution in [0.25, 0.3) is 10.8 Å². The van der Waals surface area contributed by atoms with Crippen LogP contribution in [0.1, 0.15) is 28.9 Å². The number of primary sulfonamides is 1. The number of rotatable bonds is 6. The molecule has 1 atom stereocenters. The summed E-state index contributed by atoms with van der Waals surface area (Å²) in [4.78, 5) is 24.5. The molecule has 0 radical (unpaired) electrons. The van der Waals surface area contributed by atoms with Gasteiger partial charge in [0.05, 0.1) is 16.5 Å². The molecular formula is C21H20N2O5S. The monoisotopic (exact) mass is 412 g/mol. The normalized spacial score (nSPS) is 12.3. The van der Waals surface area contributed by atoms with Crippen molar-refractivity contribution in [3.63, 3.8) is 0 Å². The molecule has 0 bridgehead atoms. The Hall–Kier alpha value is -3.23. The van der Waals surface area contributed by atoms with E-state index in [4.69, 9.17) is 9.88 Å². The van der Waals surface area contributed by atoms with Crippen molar-refractivity contribution >= 4 is 32.7 Å². The van der Waals surface area contributed by atoms with Crippen molar-refractivity contribution in [3.8, 4) is 0 Å². The Bertz CT molecular complexity index is 1150. The van der Waals surface area contributed by atoms with Crippen LogP contribution in [0.4, 0.5) is 0 Å². The second kappa shape index (κ2) is 8.42. The van der Waals surface area contributed by atoms with E-state index in [2.05, 4.69) is 5.32 Å². The maximum atomic E-state index is 12.4. The van der Waals surface area contributed by atoms with Crippen LogP contribution in [-0.4, -0.2) is 26.9 Å². The summed E-state index contributed by atoms with van der Waals surface area (Å²) < 4.78 is 27.7. The van der Waals surface area contributed by atoms with Crippen molar-refractivity contribution in [2.24, 2.45) is 5.14 Å². The minimum Gasteiger partial charge on any atom is -0.452 e. The van der Waals surface area contributed by atoms with E-state index in [1.165, 1.54) is 12.1 Å². The van der Waals surface area contributed by atoms with Crippen molar-refractivity contribution in [1.29, 1.82) is 0 Å². The number of carbonyl (C=O) groups excluding carboxylic acids is 2. The quantitative estimate of drug-likeness (QED) is 0.604. The van der Waals surface area contributed by atoms with Gasteiger partial charge < -0.3 is 10.1 Å². The van der Waals surface area contributed by atoms with Gasteiger partial charge in [0, 0.05) is 0 Å². The molecule has 0 fully saturated rings. The lowest BCUT2D eigenvalue weighted by Crippen LogP contribution is -2.31. The fourth-order valence-electron chi connectivity index (χ4n) is 2.92. The molecule has 3 N–H and O–H groups in total. The Morgan fingerprint density at radius 1 is 1.00 bits per heavy atom. The van der Waals surface area contributed by atoms with Gasteiger partial charge in [-0.15, -0.1) is 0 Å². The lowest BCUT2D eigenvalue weighted by atomic mass is 10.1. The molecule has 29 heavy (non-hydrogen) atoms. The van der Waals surface area contributed by atoms with E-state index in [-0.39, 0.29) is 4.90 Å². The van der Waals surface area contributed by atoms with Gasteiger partial charge >= 0.3 is 5.97 Å². The van der Waals surface area contributed by atoms with E-state index in [9.17, 15) is 18.0 Å². The molecule has 1 amide bonds. The van der Waals surface area contributed by atoms with E-state index in [0.29, 0.717) is 11.1 Å². The topological polar surface area (TPSA) is 116 Å². The molecule has 0 spiro atoms. The highest BCUT2D eigenvalue weighted by Gasteiger charge is 2.15. The van der Waals surface area contributed by atoms with Gasteiger partial charge in [0.25, 0.3) is 5.91 Å². The third-order valence-electron chi connectivity index (χ3n) is 4.43. The van der Waals surface area contributed by atoms with Gasteiger partial charge in [0.2, 0.25) is 10.0 Å².